The molecule has 1 amide bonds. The SMILES string of the molecule is CN1CCCN2C(=O)c3c(OCc4ccccc4)c(=O)c(Br)c4n3C(CC4)C12. The maximum absolute atomic E-state index is 13.5. The maximum Gasteiger partial charge on any atom is 0.275 e. The van der Waals surface area contributed by atoms with Crippen LogP contribution in [0.25, 0.3) is 0 Å². The van der Waals surface area contributed by atoms with Crippen LogP contribution in [0, 0.1) is 0 Å². The molecular weight excluding hydrogens is 422 g/mol. The first-order chi connectivity index (χ1) is 13.6. The van der Waals surface area contributed by atoms with Gasteiger partial charge in [0.25, 0.3) is 5.91 Å². The van der Waals surface area contributed by atoms with Crippen LogP contribution in [0.3, 0.4) is 0 Å². The summed E-state index contributed by atoms with van der Waals surface area (Å²) in [6.45, 7) is 1.96. The molecule has 0 bridgehead atoms. The third-order valence-electron chi connectivity index (χ3n) is 6.13. The normalized spacial score (nSPS) is 23.5. The van der Waals surface area contributed by atoms with Gasteiger partial charge in [0.15, 0.2) is 11.4 Å². The fourth-order valence-electron chi connectivity index (χ4n) is 4.90. The third-order valence-corrected chi connectivity index (χ3v) is 6.95. The Bertz CT molecular complexity index is 1000. The summed E-state index contributed by atoms with van der Waals surface area (Å²) in [5.74, 6) is 0.0756. The largest absolute Gasteiger partial charge is 0.483 e. The minimum atomic E-state index is -0.227. The van der Waals surface area contributed by atoms with E-state index in [2.05, 4.69) is 32.4 Å². The zero-order valence-corrected chi connectivity index (χ0v) is 17.3. The molecule has 0 spiro atoms. The highest BCUT2D eigenvalue weighted by Gasteiger charge is 2.48. The monoisotopic (exact) mass is 443 g/mol. The highest BCUT2D eigenvalue weighted by molar-refractivity contribution is 9.10. The molecule has 1 saturated heterocycles. The number of likely N-dealkylation sites (N-methyl/N-ethyl adjacent to an activating group) is 1. The first-order valence-electron chi connectivity index (χ1n) is 9.72. The van der Waals surface area contributed by atoms with E-state index < -0.39 is 0 Å². The molecule has 0 aliphatic carbocycles. The first kappa shape index (κ1) is 17.9. The number of halogens is 1. The van der Waals surface area contributed by atoms with Gasteiger partial charge in [0.05, 0.1) is 10.5 Å². The quantitative estimate of drug-likeness (QED) is 0.731. The number of benzene rings is 1. The van der Waals surface area contributed by atoms with Gasteiger partial charge in [-0.25, -0.2) is 0 Å². The molecule has 6 nitrogen and oxygen atoms in total. The predicted octanol–water partition coefficient (Wildman–Crippen LogP) is 2.79. The van der Waals surface area contributed by atoms with Crippen molar-refractivity contribution < 1.29 is 9.53 Å². The van der Waals surface area contributed by atoms with Gasteiger partial charge in [-0.05, 0) is 47.8 Å². The lowest BCUT2D eigenvalue weighted by Gasteiger charge is -2.49. The van der Waals surface area contributed by atoms with E-state index in [1.165, 1.54) is 0 Å². The Morgan fingerprint density at radius 1 is 1.18 bits per heavy atom. The minimum Gasteiger partial charge on any atom is -0.483 e. The number of aromatic nitrogens is 1. The molecule has 2 unspecified atom stereocenters. The Morgan fingerprint density at radius 3 is 2.75 bits per heavy atom. The lowest BCUT2D eigenvalue weighted by atomic mass is 10.0. The Kier molecular flexibility index (Phi) is 4.32. The summed E-state index contributed by atoms with van der Waals surface area (Å²) >= 11 is 3.49. The summed E-state index contributed by atoms with van der Waals surface area (Å²) < 4.78 is 8.60. The molecule has 1 aromatic heterocycles. The molecule has 2 aromatic rings. The van der Waals surface area contributed by atoms with Crippen LogP contribution in [0.15, 0.2) is 39.6 Å². The number of pyridine rings is 1. The van der Waals surface area contributed by atoms with E-state index in [0.717, 1.165) is 43.6 Å². The van der Waals surface area contributed by atoms with E-state index >= 15 is 0 Å². The zero-order chi connectivity index (χ0) is 19.4. The summed E-state index contributed by atoms with van der Waals surface area (Å²) in [6.07, 6.45) is 2.70. The van der Waals surface area contributed by atoms with Gasteiger partial charge >= 0.3 is 0 Å². The molecule has 1 aromatic carbocycles. The highest BCUT2D eigenvalue weighted by Crippen LogP contribution is 2.43. The second-order valence-corrected chi connectivity index (χ2v) is 8.56. The second kappa shape index (κ2) is 6.74. The lowest BCUT2D eigenvalue weighted by Crippen LogP contribution is -2.61. The average Bonchev–Trinajstić information content (AvgIpc) is 3.14. The molecule has 146 valence electrons. The van der Waals surface area contributed by atoms with Gasteiger partial charge in [-0.15, -0.1) is 0 Å². The van der Waals surface area contributed by atoms with Crippen LogP contribution in [-0.2, 0) is 13.0 Å². The van der Waals surface area contributed by atoms with Gasteiger partial charge in [-0.3, -0.25) is 14.5 Å². The molecular formula is C21H22BrN3O3. The molecule has 3 aliphatic heterocycles. The Morgan fingerprint density at radius 2 is 1.96 bits per heavy atom. The van der Waals surface area contributed by atoms with Crippen molar-refractivity contribution in [2.24, 2.45) is 0 Å². The van der Waals surface area contributed by atoms with E-state index in [1.807, 2.05) is 35.2 Å². The van der Waals surface area contributed by atoms with Crippen LogP contribution in [0.4, 0.5) is 0 Å². The van der Waals surface area contributed by atoms with Crippen molar-refractivity contribution in [1.82, 2.24) is 14.4 Å². The lowest BCUT2D eigenvalue weighted by molar-refractivity contribution is -0.0153. The van der Waals surface area contributed by atoms with Gasteiger partial charge in [-0.2, -0.15) is 0 Å². The van der Waals surface area contributed by atoms with Gasteiger partial charge in [-0.1, -0.05) is 30.3 Å². The summed E-state index contributed by atoms with van der Waals surface area (Å²) in [4.78, 5) is 30.7. The second-order valence-electron chi connectivity index (χ2n) is 7.76. The van der Waals surface area contributed by atoms with Crippen LogP contribution in [0.2, 0.25) is 0 Å². The molecule has 0 radical (unpaired) electrons. The Hall–Kier alpha value is -2.12. The molecule has 2 atom stereocenters. The van der Waals surface area contributed by atoms with Crippen LogP contribution >= 0.6 is 15.9 Å². The molecule has 0 N–H and O–H groups in total. The Balaban J connectivity index is 1.64. The number of nitrogens with zero attached hydrogens (tertiary/aromatic N) is 3. The smallest absolute Gasteiger partial charge is 0.275 e. The topological polar surface area (TPSA) is 54.8 Å². The van der Waals surface area contributed by atoms with Gasteiger partial charge in [0, 0.05) is 18.8 Å². The van der Waals surface area contributed by atoms with Gasteiger partial charge in [0.1, 0.15) is 12.8 Å². The molecule has 1 fully saturated rings. The fraction of sp³-hybridized carbons (Fsp3) is 0.429. The number of carbonyl (C=O) groups is 1. The van der Waals surface area contributed by atoms with E-state index in [4.69, 9.17) is 4.74 Å². The van der Waals surface area contributed by atoms with Crippen molar-refractivity contribution in [3.8, 4) is 5.75 Å². The standard InChI is InChI=1S/C21H22BrN3O3/c1-23-10-5-11-24-20(23)15-9-8-14-16(22)18(26)19(17(21(24)27)25(14)15)28-12-13-6-3-2-4-7-13/h2-4,6-7,15,20H,5,8-12H2,1H3. The van der Waals surface area contributed by atoms with Crippen molar-refractivity contribution in [1.29, 1.82) is 0 Å². The van der Waals surface area contributed by atoms with Crippen LogP contribution in [0.1, 0.15) is 40.6 Å². The predicted molar refractivity (Wildman–Crippen MR) is 109 cm³/mol. The number of hydrogen-bond acceptors (Lipinski definition) is 4. The number of hydrogen-bond donors (Lipinski definition) is 0. The van der Waals surface area contributed by atoms with E-state index in [9.17, 15) is 9.59 Å². The minimum absolute atomic E-state index is 0.0476. The zero-order valence-electron chi connectivity index (χ0n) is 15.7. The van der Waals surface area contributed by atoms with Crippen LogP contribution < -0.4 is 10.2 Å². The van der Waals surface area contributed by atoms with Gasteiger partial charge < -0.3 is 14.2 Å². The number of ether oxygens (including phenoxy) is 1. The van der Waals surface area contributed by atoms with Crippen molar-refractivity contribution in [2.75, 3.05) is 20.1 Å². The van der Waals surface area contributed by atoms with Gasteiger partial charge in [0.2, 0.25) is 5.43 Å². The van der Waals surface area contributed by atoms with Crippen LogP contribution in [-0.4, -0.2) is 46.6 Å². The summed E-state index contributed by atoms with van der Waals surface area (Å²) in [6, 6.07) is 9.86. The third kappa shape index (κ3) is 2.56. The van der Waals surface area contributed by atoms with Crippen molar-refractivity contribution in [2.45, 2.75) is 38.1 Å². The Labute approximate surface area is 171 Å². The number of amides is 1. The van der Waals surface area contributed by atoms with Crippen molar-refractivity contribution in [3.05, 3.63) is 62.0 Å². The van der Waals surface area contributed by atoms with E-state index in [-0.39, 0.29) is 35.9 Å². The van der Waals surface area contributed by atoms with E-state index in [1.54, 1.807) is 0 Å². The molecule has 3 aliphatic rings. The number of fused-ring (bicyclic) bond motifs is 2. The molecule has 4 heterocycles. The molecule has 28 heavy (non-hydrogen) atoms. The highest BCUT2D eigenvalue weighted by atomic mass is 79.9. The van der Waals surface area contributed by atoms with E-state index in [0.29, 0.717) is 10.2 Å². The van der Waals surface area contributed by atoms with Crippen LogP contribution in [0.5, 0.6) is 5.75 Å². The summed E-state index contributed by atoms with van der Waals surface area (Å²) in [7, 11) is 2.08. The number of carbonyl (C=O) groups excluding carboxylic acids is 1. The average molecular weight is 444 g/mol. The molecule has 5 rings (SSSR count). The maximum atomic E-state index is 13.5. The summed E-state index contributed by atoms with van der Waals surface area (Å²) in [5, 5.41) is 0. The van der Waals surface area contributed by atoms with Crippen molar-refractivity contribution in [3.63, 3.8) is 0 Å². The summed E-state index contributed by atoms with van der Waals surface area (Å²) in [5.41, 5.74) is 2.08. The fourth-order valence-corrected chi connectivity index (χ4v) is 5.47. The molecule has 0 saturated carbocycles. The number of rotatable bonds is 3. The van der Waals surface area contributed by atoms with Crippen molar-refractivity contribution >= 4 is 21.8 Å². The first-order valence-corrected chi connectivity index (χ1v) is 10.5. The molecule has 7 heteroatoms.